The summed E-state index contributed by atoms with van der Waals surface area (Å²) < 4.78 is 0. The first-order valence-corrected chi connectivity index (χ1v) is 8.15. The Labute approximate surface area is 139 Å². The van der Waals surface area contributed by atoms with Crippen LogP contribution >= 0.6 is 0 Å². The van der Waals surface area contributed by atoms with Crippen LogP contribution in [0.4, 0.5) is 0 Å². The first-order valence-electron chi connectivity index (χ1n) is 8.15. The fraction of sp³-hybridized carbons (Fsp3) is 0.353. The second-order valence-electron chi connectivity index (χ2n) is 5.95. The van der Waals surface area contributed by atoms with E-state index < -0.39 is 0 Å². The highest BCUT2D eigenvalue weighted by Crippen LogP contribution is 2.23. The number of imidazole rings is 1. The highest BCUT2D eigenvalue weighted by atomic mass is 16.2. The summed E-state index contributed by atoms with van der Waals surface area (Å²) in [4.78, 5) is 26.5. The number of aromatic amines is 1. The number of nitrogens with one attached hydrogen (secondary N) is 1. The van der Waals surface area contributed by atoms with Gasteiger partial charge in [-0.2, -0.15) is 5.10 Å². The van der Waals surface area contributed by atoms with Crippen LogP contribution in [0.1, 0.15) is 30.4 Å². The van der Waals surface area contributed by atoms with Gasteiger partial charge in [-0.3, -0.25) is 9.78 Å². The quantitative estimate of drug-likeness (QED) is 0.930. The average Bonchev–Trinajstić information content (AvgIpc) is 3.27. The minimum Gasteiger partial charge on any atom is -0.347 e. The van der Waals surface area contributed by atoms with Crippen LogP contribution in [0.15, 0.2) is 40.9 Å². The molecule has 2 aromatic rings. The number of rotatable bonds is 3. The fourth-order valence-electron chi connectivity index (χ4n) is 3.25. The van der Waals surface area contributed by atoms with Gasteiger partial charge in [0.05, 0.1) is 41.6 Å². The number of pyridine rings is 1. The van der Waals surface area contributed by atoms with Crippen molar-refractivity contribution >= 4 is 17.3 Å². The lowest BCUT2D eigenvalue weighted by molar-refractivity contribution is -0.125. The first-order chi connectivity index (χ1) is 11.8. The van der Waals surface area contributed by atoms with Gasteiger partial charge in [-0.1, -0.05) is 13.0 Å². The Morgan fingerprint density at radius 1 is 1.33 bits per heavy atom. The molecule has 0 fully saturated rings. The minimum atomic E-state index is -0.101. The summed E-state index contributed by atoms with van der Waals surface area (Å²) in [5.41, 5.74) is 4.13. The lowest BCUT2D eigenvalue weighted by Crippen LogP contribution is -2.43. The lowest BCUT2D eigenvalue weighted by atomic mass is 9.92. The molecule has 0 aromatic carbocycles. The zero-order chi connectivity index (χ0) is 16.5. The van der Waals surface area contributed by atoms with Gasteiger partial charge in [0.2, 0.25) is 0 Å². The van der Waals surface area contributed by atoms with E-state index in [0.29, 0.717) is 18.8 Å². The van der Waals surface area contributed by atoms with Crippen molar-refractivity contribution in [2.24, 2.45) is 16.1 Å². The Hall–Kier alpha value is -2.83. The highest BCUT2D eigenvalue weighted by molar-refractivity contribution is 6.45. The molecule has 4 heterocycles. The molecule has 4 rings (SSSR count). The predicted molar refractivity (Wildman–Crippen MR) is 89.7 cm³/mol. The molecule has 0 aliphatic carbocycles. The van der Waals surface area contributed by atoms with Crippen LogP contribution in [0.2, 0.25) is 0 Å². The molecule has 0 radical (unpaired) electrons. The summed E-state index contributed by atoms with van der Waals surface area (Å²) >= 11 is 0. The Balaban J connectivity index is 1.54. The summed E-state index contributed by atoms with van der Waals surface area (Å²) in [5.74, 6) is -0.146. The number of hydrogen-bond acceptors (Lipinski definition) is 5. The van der Waals surface area contributed by atoms with Crippen LogP contribution in [0.3, 0.4) is 0 Å². The normalized spacial score (nSPS) is 19.7. The fourth-order valence-corrected chi connectivity index (χ4v) is 3.25. The smallest absolute Gasteiger partial charge is 0.271 e. The largest absolute Gasteiger partial charge is 0.347 e. The molecular formula is C17H18N6O. The van der Waals surface area contributed by atoms with Crippen molar-refractivity contribution in [1.29, 1.82) is 0 Å². The van der Waals surface area contributed by atoms with E-state index in [0.717, 1.165) is 35.6 Å². The number of carbonyl (C=O) groups is 1. The molecule has 7 heteroatoms. The zero-order valence-electron chi connectivity index (χ0n) is 13.4. The molecule has 1 N–H and O–H groups in total. The molecule has 1 unspecified atom stereocenters. The SMILES string of the molecule is CCC1C(C(=O)N2CCc3nc[nH]c3C2)=NN=C1c1ccccn1. The summed E-state index contributed by atoms with van der Waals surface area (Å²) in [6.45, 7) is 3.24. The molecule has 0 saturated heterocycles. The van der Waals surface area contributed by atoms with Crippen LogP contribution in [0.5, 0.6) is 0 Å². The summed E-state index contributed by atoms with van der Waals surface area (Å²) in [5, 5.41) is 8.48. The molecule has 2 aliphatic rings. The van der Waals surface area contributed by atoms with Crippen LogP contribution in [0.25, 0.3) is 0 Å². The van der Waals surface area contributed by atoms with E-state index in [1.165, 1.54) is 0 Å². The van der Waals surface area contributed by atoms with Crippen molar-refractivity contribution < 1.29 is 4.79 Å². The Morgan fingerprint density at radius 2 is 2.25 bits per heavy atom. The van der Waals surface area contributed by atoms with Crippen molar-refractivity contribution in [1.82, 2.24) is 19.9 Å². The average molecular weight is 322 g/mol. The van der Waals surface area contributed by atoms with E-state index in [1.807, 2.05) is 30.0 Å². The maximum atomic E-state index is 12.9. The standard InChI is InChI=1S/C17H18N6O/c1-2-11-15(13-5-3-4-7-18-13)21-22-16(11)17(24)23-8-6-12-14(9-23)20-10-19-12/h3-5,7,10-11H,2,6,8-9H2,1H3,(H,19,20). The molecular weight excluding hydrogens is 304 g/mol. The van der Waals surface area contributed by atoms with Gasteiger partial charge in [0.15, 0.2) is 0 Å². The van der Waals surface area contributed by atoms with E-state index in [4.69, 9.17) is 0 Å². The Bertz CT molecular complexity index is 823. The molecule has 1 amide bonds. The predicted octanol–water partition coefficient (Wildman–Crippen LogP) is 1.57. The number of aromatic nitrogens is 3. The van der Waals surface area contributed by atoms with Crippen molar-refractivity contribution in [2.75, 3.05) is 6.54 Å². The van der Waals surface area contributed by atoms with Gasteiger partial charge in [0.25, 0.3) is 5.91 Å². The molecule has 2 aliphatic heterocycles. The van der Waals surface area contributed by atoms with E-state index in [1.54, 1.807) is 12.5 Å². The summed E-state index contributed by atoms with van der Waals surface area (Å²) in [7, 11) is 0. The summed E-state index contributed by atoms with van der Waals surface area (Å²) in [6, 6.07) is 5.69. The van der Waals surface area contributed by atoms with E-state index in [2.05, 4.69) is 25.2 Å². The number of nitrogens with zero attached hydrogens (tertiary/aromatic N) is 5. The zero-order valence-corrected chi connectivity index (χ0v) is 13.4. The van der Waals surface area contributed by atoms with E-state index in [-0.39, 0.29) is 11.8 Å². The Kier molecular flexibility index (Phi) is 3.68. The minimum absolute atomic E-state index is 0.0446. The van der Waals surface area contributed by atoms with E-state index in [9.17, 15) is 4.79 Å². The number of hydrogen-bond donors (Lipinski definition) is 1. The first kappa shape index (κ1) is 14.7. The molecule has 24 heavy (non-hydrogen) atoms. The molecule has 0 bridgehead atoms. The van der Waals surface area contributed by atoms with Crippen molar-refractivity contribution in [3.8, 4) is 0 Å². The van der Waals surface area contributed by atoms with E-state index >= 15 is 0 Å². The van der Waals surface area contributed by atoms with Crippen LogP contribution in [-0.2, 0) is 17.8 Å². The van der Waals surface area contributed by atoms with Crippen LogP contribution in [-0.4, -0.2) is 43.7 Å². The third-order valence-corrected chi connectivity index (χ3v) is 4.54. The molecule has 1 atom stereocenters. The third kappa shape index (κ3) is 2.42. The van der Waals surface area contributed by atoms with Crippen molar-refractivity contribution in [3.63, 3.8) is 0 Å². The third-order valence-electron chi connectivity index (χ3n) is 4.54. The van der Waals surface area contributed by atoms with Gasteiger partial charge < -0.3 is 9.88 Å². The molecule has 122 valence electrons. The van der Waals surface area contributed by atoms with Gasteiger partial charge >= 0.3 is 0 Å². The van der Waals surface area contributed by atoms with Gasteiger partial charge in [-0.05, 0) is 18.6 Å². The molecule has 0 spiro atoms. The molecule has 0 saturated carbocycles. The van der Waals surface area contributed by atoms with Crippen LogP contribution < -0.4 is 0 Å². The van der Waals surface area contributed by atoms with Crippen LogP contribution in [0, 0.1) is 5.92 Å². The summed E-state index contributed by atoms with van der Waals surface area (Å²) in [6.07, 6.45) is 4.95. The van der Waals surface area contributed by atoms with Gasteiger partial charge in [0.1, 0.15) is 5.71 Å². The molecule has 2 aromatic heterocycles. The highest BCUT2D eigenvalue weighted by Gasteiger charge is 2.35. The number of carbonyl (C=O) groups excluding carboxylic acids is 1. The van der Waals surface area contributed by atoms with Crippen molar-refractivity contribution in [2.45, 2.75) is 26.3 Å². The second kappa shape index (κ2) is 5.99. The number of fused-ring (bicyclic) bond motifs is 1. The molecule has 7 nitrogen and oxygen atoms in total. The Morgan fingerprint density at radius 3 is 3.04 bits per heavy atom. The second-order valence-corrected chi connectivity index (χ2v) is 5.95. The monoisotopic (exact) mass is 322 g/mol. The number of H-pyrrole nitrogens is 1. The van der Waals surface area contributed by atoms with Crippen molar-refractivity contribution in [3.05, 3.63) is 47.8 Å². The maximum Gasteiger partial charge on any atom is 0.271 e. The van der Waals surface area contributed by atoms with Gasteiger partial charge in [0, 0.05) is 19.2 Å². The lowest BCUT2D eigenvalue weighted by Gasteiger charge is -2.27. The topological polar surface area (TPSA) is 86.6 Å². The van der Waals surface area contributed by atoms with Gasteiger partial charge in [-0.25, -0.2) is 4.98 Å². The number of amides is 1. The maximum absolute atomic E-state index is 12.9. The van der Waals surface area contributed by atoms with Gasteiger partial charge in [-0.15, -0.1) is 5.10 Å².